The van der Waals surface area contributed by atoms with Gasteiger partial charge in [0.1, 0.15) is 5.92 Å². The van der Waals surface area contributed by atoms with Gasteiger partial charge in [0.15, 0.2) is 0 Å². The fourth-order valence-electron chi connectivity index (χ4n) is 1.87. The molecule has 4 heteroatoms. The van der Waals surface area contributed by atoms with Crippen LogP contribution in [0.1, 0.15) is 18.6 Å². The Morgan fingerprint density at radius 2 is 2.24 bits per heavy atom. The topological polar surface area (TPSA) is 46.5 Å². The van der Waals surface area contributed by atoms with Crippen molar-refractivity contribution in [3.05, 3.63) is 41.3 Å². The predicted molar refractivity (Wildman–Crippen MR) is 66.5 cm³/mol. The molecule has 0 spiro atoms. The zero-order chi connectivity index (χ0) is 12.4. The van der Waals surface area contributed by atoms with Crippen LogP contribution < -0.4 is 0 Å². The van der Waals surface area contributed by atoms with Crippen molar-refractivity contribution in [3.8, 4) is 0 Å². The van der Waals surface area contributed by atoms with Gasteiger partial charge in [0.2, 0.25) is 0 Å². The van der Waals surface area contributed by atoms with Crippen molar-refractivity contribution >= 4 is 17.7 Å². The summed E-state index contributed by atoms with van der Waals surface area (Å²) >= 11 is 1.42. The maximum absolute atomic E-state index is 11.8. The second-order valence-electron chi connectivity index (χ2n) is 3.78. The highest BCUT2D eigenvalue weighted by Gasteiger charge is 2.37. The first-order valence-electron chi connectivity index (χ1n) is 5.45. The number of hydrogen-bond acceptors (Lipinski definition) is 4. The van der Waals surface area contributed by atoms with Crippen LogP contribution in [0, 0.1) is 5.92 Å². The summed E-state index contributed by atoms with van der Waals surface area (Å²) in [5, 5.41) is 10.2. The molecule has 3 nitrogen and oxygen atoms in total. The number of thioether (sulfide) groups is 1. The molecule has 0 aliphatic carbocycles. The molecule has 0 saturated heterocycles. The van der Waals surface area contributed by atoms with Gasteiger partial charge < -0.3 is 9.84 Å². The SMILES string of the molecule is C=C1Sc2ccccc2C(O)C1C(=O)OCC. The second kappa shape index (κ2) is 4.94. The lowest BCUT2D eigenvalue weighted by molar-refractivity contribution is -0.150. The average Bonchev–Trinajstić information content (AvgIpc) is 2.29. The lowest BCUT2D eigenvalue weighted by Gasteiger charge is -2.29. The summed E-state index contributed by atoms with van der Waals surface area (Å²) in [5.74, 6) is -1.08. The Balaban J connectivity index is 2.33. The van der Waals surface area contributed by atoms with Crippen LogP contribution in [-0.2, 0) is 9.53 Å². The Labute approximate surface area is 104 Å². The lowest BCUT2D eigenvalue weighted by Crippen LogP contribution is -2.28. The number of benzene rings is 1. The smallest absolute Gasteiger partial charge is 0.316 e. The Morgan fingerprint density at radius 1 is 1.53 bits per heavy atom. The van der Waals surface area contributed by atoms with Gasteiger partial charge in [-0.2, -0.15) is 0 Å². The minimum atomic E-state index is -0.862. The molecular weight excluding hydrogens is 236 g/mol. The van der Waals surface area contributed by atoms with Gasteiger partial charge in [-0.1, -0.05) is 36.5 Å². The molecule has 17 heavy (non-hydrogen) atoms. The zero-order valence-electron chi connectivity index (χ0n) is 9.55. The van der Waals surface area contributed by atoms with Gasteiger partial charge in [0, 0.05) is 4.90 Å². The molecule has 2 atom stereocenters. The average molecular weight is 250 g/mol. The van der Waals surface area contributed by atoms with Crippen LogP contribution in [0.4, 0.5) is 0 Å². The Hall–Kier alpha value is -1.26. The molecule has 1 N–H and O–H groups in total. The summed E-state index contributed by atoms with van der Waals surface area (Å²) in [5.41, 5.74) is 0.767. The molecule has 0 saturated carbocycles. The van der Waals surface area contributed by atoms with Crippen LogP contribution in [0.2, 0.25) is 0 Å². The maximum atomic E-state index is 11.8. The van der Waals surface area contributed by atoms with Crippen LogP contribution in [0.5, 0.6) is 0 Å². The van der Waals surface area contributed by atoms with E-state index in [0.29, 0.717) is 11.5 Å². The summed E-state index contributed by atoms with van der Waals surface area (Å²) in [6, 6.07) is 7.48. The minimum absolute atomic E-state index is 0.307. The fourth-order valence-corrected chi connectivity index (χ4v) is 2.96. The van der Waals surface area contributed by atoms with Crippen LogP contribution >= 0.6 is 11.8 Å². The van der Waals surface area contributed by atoms with Crippen LogP contribution in [0.15, 0.2) is 40.6 Å². The number of ether oxygens (including phenoxy) is 1. The lowest BCUT2D eigenvalue weighted by atomic mass is 9.95. The van der Waals surface area contributed by atoms with Crippen LogP contribution in [-0.4, -0.2) is 17.7 Å². The van der Waals surface area contributed by atoms with Gasteiger partial charge in [0.05, 0.1) is 12.7 Å². The third kappa shape index (κ3) is 2.23. The molecule has 1 aromatic rings. The third-order valence-corrected chi connectivity index (χ3v) is 3.79. The fraction of sp³-hybridized carbons (Fsp3) is 0.308. The molecule has 2 unspecified atom stereocenters. The summed E-state index contributed by atoms with van der Waals surface area (Å²) in [6.07, 6.45) is -0.862. The predicted octanol–water partition coefficient (Wildman–Crippen LogP) is 2.52. The first kappa shape index (κ1) is 12.2. The number of hydrogen-bond donors (Lipinski definition) is 1. The van der Waals surface area contributed by atoms with Crippen LogP contribution in [0.3, 0.4) is 0 Å². The van der Waals surface area contributed by atoms with Gasteiger partial charge in [-0.3, -0.25) is 4.79 Å². The van der Waals surface area contributed by atoms with Gasteiger partial charge in [0.25, 0.3) is 0 Å². The highest BCUT2D eigenvalue weighted by Crippen LogP contribution is 2.46. The highest BCUT2D eigenvalue weighted by molar-refractivity contribution is 8.03. The first-order valence-corrected chi connectivity index (χ1v) is 6.27. The van der Waals surface area contributed by atoms with Crippen molar-refractivity contribution in [2.45, 2.75) is 17.9 Å². The number of carbonyl (C=O) groups excluding carboxylic acids is 1. The highest BCUT2D eigenvalue weighted by atomic mass is 32.2. The van der Waals surface area contributed by atoms with Crippen molar-refractivity contribution in [1.29, 1.82) is 0 Å². The van der Waals surface area contributed by atoms with E-state index >= 15 is 0 Å². The molecule has 0 fully saturated rings. The number of fused-ring (bicyclic) bond motifs is 1. The van der Waals surface area contributed by atoms with E-state index in [9.17, 15) is 9.90 Å². The molecule has 1 aliphatic rings. The minimum Gasteiger partial charge on any atom is -0.465 e. The largest absolute Gasteiger partial charge is 0.465 e. The van der Waals surface area contributed by atoms with E-state index in [0.717, 1.165) is 10.5 Å². The summed E-state index contributed by atoms with van der Waals surface area (Å²) in [4.78, 5) is 13.4. The molecule has 0 amide bonds. The van der Waals surface area contributed by atoms with E-state index in [1.165, 1.54) is 11.8 Å². The molecule has 0 radical (unpaired) electrons. The van der Waals surface area contributed by atoms with E-state index in [1.807, 2.05) is 24.3 Å². The Morgan fingerprint density at radius 3 is 2.94 bits per heavy atom. The van der Waals surface area contributed by atoms with Gasteiger partial charge in [-0.15, -0.1) is 0 Å². The van der Waals surface area contributed by atoms with E-state index in [2.05, 4.69) is 6.58 Å². The quantitative estimate of drug-likeness (QED) is 0.819. The first-order chi connectivity index (χ1) is 8.15. The zero-order valence-corrected chi connectivity index (χ0v) is 10.4. The molecular formula is C13H14O3S. The van der Waals surface area contributed by atoms with E-state index in [4.69, 9.17) is 4.74 Å². The molecule has 2 rings (SSSR count). The normalized spacial score (nSPS) is 23.1. The Kier molecular flexibility index (Phi) is 3.54. The third-order valence-electron chi connectivity index (χ3n) is 2.68. The molecule has 0 bridgehead atoms. The monoisotopic (exact) mass is 250 g/mol. The van der Waals surface area contributed by atoms with Gasteiger partial charge in [-0.05, 0) is 23.5 Å². The number of aliphatic hydroxyl groups is 1. The number of esters is 1. The Bertz CT molecular complexity index is 456. The van der Waals surface area contributed by atoms with Crippen molar-refractivity contribution in [2.75, 3.05) is 6.61 Å². The van der Waals surface area contributed by atoms with E-state index in [-0.39, 0.29) is 0 Å². The summed E-state index contributed by atoms with van der Waals surface area (Å²) < 4.78 is 4.96. The number of carbonyl (C=O) groups is 1. The summed E-state index contributed by atoms with van der Waals surface area (Å²) in [6.45, 7) is 5.90. The van der Waals surface area contributed by atoms with Crippen molar-refractivity contribution < 1.29 is 14.6 Å². The molecule has 1 heterocycles. The van der Waals surface area contributed by atoms with Crippen molar-refractivity contribution in [1.82, 2.24) is 0 Å². The second-order valence-corrected chi connectivity index (χ2v) is 4.95. The van der Waals surface area contributed by atoms with Crippen LogP contribution in [0.25, 0.3) is 0 Å². The standard InChI is InChI=1S/C13H14O3S/c1-3-16-13(15)11-8(2)17-10-7-5-4-6-9(10)12(11)14/h4-7,11-12,14H,2-3H2,1H3. The van der Waals surface area contributed by atoms with Crippen molar-refractivity contribution in [2.24, 2.45) is 5.92 Å². The molecule has 90 valence electrons. The molecule has 1 aromatic carbocycles. The summed E-state index contributed by atoms with van der Waals surface area (Å²) in [7, 11) is 0. The molecule has 1 aliphatic heterocycles. The molecule has 0 aromatic heterocycles. The number of rotatable bonds is 2. The van der Waals surface area contributed by atoms with Gasteiger partial charge >= 0.3 is 5.97 Å². The number of aliphatic hydroxyl groups excluding tert-OH is 1. The maximum Gasteiger partial charge on any atom is 0.316 e. The van der Waals surface area contributed by atoms with E-state index in [1.54, 1.807) is 6.92 Å². The van der Waals surface area contributed by atoms with E-state index < -0.39 is 18.0 Å². The van der Waals surface area contributed by atoms with Crippen molar-refractivity contribution in [3.63, 3.8) is 0 Å². The van der Waals surface area contributed by atoms with Gasteiger partial charge in [-0.25, -0.2) is 0 Å².